The molecule has 0 saturated carbocycles. The third-order valence-corrected chi connectivity index (χ3v) is 5.76. The lowest BCUT2D eigenvalue weighted by molar-refractivity contribution is 0.0459. The van der Waals surface area contributed by atoms with Crippen LogP contribution in [0.25, 0.3) is 10.9 Å². The summed E-state index contributed by atoms with van der Waals surface area (Å²) >= 11 is 0. The van der Waals surface area contributed by atoms with Gasteiger partial charge in [0.2, 0.25) is 0 Å². The number of likely N-dealkylation sites (tertiary alicyclic amines) is 1. The van der Waals surface area contributed by atoms with Crippen molar-refractivity contribution in [1.82, 2.24) is 9.88 Å². The van der Waals surface area contributed by atoms with Crippen LogP contribution in [0.5, 0.6) is 0 Å². The standard InChI is InChI=1S/C20H28N2O/c1-2-6-20-18(5-1)19(14-21-20)17-8-11-22(12-9-17)10-7-16-4-3-13-23-15-16/h1-2,5-6,14,16-17,21H,3-4,7-13,15H2/t16-/m1/s1. The third-order valence-electron chi connectivity index (χ3n) is 5.76. The number of nitrogens with one attached hydrogen (secondary N) is 1. The van der Waals surface area contributed by atoms with Gasteiger partial charge in [-0.25, -0.2) is 0 Å². The number of nitrogens with zero attached hydrogens (tertiary/aromatic N) is 1. The van der Waals surface area contributed by atoms with Gasteiger partial charge in [0.25, 0.3) is 0 Å². The number of H-pyrrole nitrogens is 1. The Balaban J connectivity index is 1.30. The molecule has 124 valence electrons. The molecule has 3 nitrogen and oxygen atoms in total. The maximum Gasteiger partial charge on any atom is 0.0494 e. The van der Waals surface area contributed by atoms with Crippen LogP contribution < -0.4 is 0 Å². The molecule has 23 heavy (non-hydrogen) atoms. The number of benzene rings is 1. The molecule has 0 aliphatic carbocycles. The van der Waals surface area contributed by atoms with Crippen molar-refractivity contribution in [3.8, 4) is 0 Å². The Morgan fingerprint density at radius 1 is 1.13 bits per heavy atom. The Kier molecular flexibility index (Phi) is 4.67. The van der Waals surface area contributed by atoms with Gasteiger partial charge in [0, 0.05) is 30.3 Å². The molecule has 0 spiro atoms. The number of rotatable bonds is 4. The van der Waals surface area contributed by atoms with Crippen LogP contribution in [-0.2, 0) is 4.74 Å². The highest BCUT2D eigenvalue weighted by Gasteiger charge is 2.23. The van der Waals surface area contributed by atoms with E-state index in [0.29, 0.717) is 0 Å². The zero-order valence-electron chi connectivity index (χ0n) is 14.0. The summed E-state index contributed by atoms with van der Waals surface area (Å²) in [6.45, 7) is 5.72. The second-order valence-electron chi connectivity index (χ2n) is 7.28. The Labute approximate surface area is 139 Å². The highest BCUT2D eigenvalue weighted by molar-refractivity contribution is 5.83. The topological polar surface area (TPSA) is 28.3 Å². The Bertz CT molecular complexity index is 621. The molecule has 0 unspecified atom stereocenters. The molecular weight excluding hydrogens is 284 g/mol. The first-order valence-electron chi connectivity index (χ1n) is 9.26. The van der Waals surface area contributed by atoms with Gasteiger partial charge >= 0.3 is 0 Å². The van der Waals surface area contributed by atoms with Crippen LogP contribution in [0.3, 0.4) is 0 Å². The minimum Gasteiger partial charge on any atom is -0.381 e. The summed E-state index contributed by atoms with van der Waals surface area (Å²) in [7, 11) is 0. The number of aromatic nitrogens is 1. The van der Waals surface area contributed by atoms with Gasteiger partial charge in [-0.1, -0.05) is 18.2 Å². The number of para-hydroxylation sites is 1. The fourth-order valence-corrected chi connectivity index (χ4v) is 4.30. The van der Waals surface area contributed by atoms with Gasteiger partial charge in [0.05, 0.1) is 0 Å². The summed E-state index contributed by atoms with van der Waals surface area (Å²) in [6.07, 6.45) is 8.77. The van der Waals surface area contributed by atoms with Gasteiger partial charge in [0.1, 0.15) is 0 Å². The summed E-state index contributed by atoms with van der Waals surface area (Å²) in [4.78, 5) is 6.10. The largest absolute Gasteiger partial charge is 0.381 e. The molecule has 0 bridgehead atoms. The van der Waals surface area contributed by atoms with Crippen LogP contribution in [0.4, 0.5) is 0 Å². The first-order chi connectivity index (χ1) is 11.4. The number of fused-ring (bicyclic) bond motifs is 1. The second kappa shape index (κ2) is 7.06. The summed E-state index contributed by atoms with van der Waals surface area (Å²) in [5.41, 5.74) is 2.81. The van der Waals surface area contributed by atoms with E-state index in [9.17, 15) is 0 Å². The molecule has 3 heteroatoms. The summed E-state index contributed by atoms with van der Waals surface area (Å²) in [5.74, 6) is 1.52. The fourth-order valence-electron chi connectivity index (χ4n) is 4.30. The van der Waals surface area contributed by atoms with Crippen molar-refractivity contribution in [3.05, 3.63) is 36.0 Å². The molecule has 1 aromatic carbocycles. The van der Waals surface area contributed by atoms with Crippen LogP contribution in [-0.4, -0.2) is 42.7 Å². The predicted molar refractivity (Wildman–Crippen MR) is 94.9 cm³/mol. The lowest BCUT2D eigenvalue weighted by Gasteiger charge is -2.33. The molecule has 1 aromatic heterocycles. The van der Waals surface area contributed by atoms with Crippen molar-refractivity contribution in [3.63, 3.8) is 0 Å². The van der Waals surface area contributed by atoms with E-state index in [0.717, 1.165) is 25.0 Å². The van der Waals surface area contributed by atoms with Crippen molar-refractivity contribution >= 4 is 10.9 Å². The van der Waals surface area contributed by atoms with Gasteiger partial charge < -0.3 is 14.6 Å². The van der Waals surface area contributed by atoms with E-state index in [1.165, 1.54) is 68.2 Å². The zero-order valence-corrected chi connectivity index (χ0v) is 14.0. The Morgan fingerprint density at radius 3 is 2.83 bits per heavy atom. The van der Waals surface area contributed by atoms with Gasteiger partial charge in [-0.15, -0.1) is 0 Å². The minimum atomic E-state index is 0.723. The molecule has 3 heterocycles. The number of ether oxygens (including phenoxy) is 1. The molecule has 2 saturated heterocycles. The van der Waals surface area contributed by atoms with Crippen LogP contribution in [0.2, 0.25) is 0 Å². The normalized spacial score (nSPS) is 24.3. The molecule has 0 amide bonds. The highest BCUT2D eigenvalue weighted by Crippen LogP contribution is 2.33. The van der Waals surface area contributed by atoms with E-state index < -0.39 is 0 Å². The summed E-state index contributed by atoms with van der Waals surface area (Å²) in [5, 5.41) is 1.42. The van der Waals surface area contributed by atoms with Crippen molar-refractivity contribution < 1.29 is 4.74 Å². The number of hydrogen-bond acceptors (Lipinski definition) is 2. The Hall–Kier alpha value is -1.32. The SMILES string of the molecule is c1ccc2c(C3CCN(CC[C@H]4CCCOC4)CC3)c[nH]c2c1. The lowest BCUT2D eigenvalue weighted by Crippen LogP contribution is -2.35. The van der Waals surface area contributed by atoms with Crippen molar-refractivity contribution in [2.75, 3.05) is 32.8 Å². The first kappa shape index (κ1) is 15.2. The van der Waals surface area contributed by atoms with Crippen LogP contribution in [0.1, 0.15) is 43.6 Å². The molecule has 2 fully saturated rings. The van der Waals surface area contributed by atoms with Crippen molar-refractivity contribution in [2.45, 2.75) is 38.0 Å². The van der Waals surface area contributed by atoms with Gasteiger partial charge in [-0.05, 0) is 75.2 Å². The van der Waals surface area contributed by atoms with E-state index in [1.54, 1.807) is 0 Å². The fraction of sp³-hybridized carbons (Fsp3) is 0.600. The van der Waals surface area contributed by atoms with Gasteiger partial charge in [0.15, 0.2) is 0 Å². The smallest absolute Gasteiger partial charge is 0.0494 e. The molecule has 2 aliphatic heterocycles. The maximum absolute atomic E-state index is 5.61. The van der Waals surface area contributed by atoms with E-state index >= 15 is 0 Å². The molecular formula is C20H28N2O. The van der Waals surface area contributed by atoms with E-state index in [-0.39, 0.29) is 0 Å². The molecule has 0 radical (unpaired) electrons. The number of hydrogen-bond donors (Lipinski definition) is 1. The van der Waals surface area contributed by atoms with Crippen LogP contribution >= 0.6 is 0 Å². The second-order valence-corrected chi connectivity index (χ2v) is 7.28. The van der Waals surface area contributed by atoms with Crippen LogP contribution in [0.15, 0.2) is 30.5 Å². The van der Waals surface area contributed by atoms with E-state index in [2.05, 4.69) is 40.3 Å². The van der Waals surface area contributed by atoms with E-state index in [1.807, 2.05) is 0 Å². The summed E-state index contributed by atoms with van der Waals surface area (Å²) in [6, 6.07) is 8.71. The average Bonchev–Trinajstić information content (AvgIpc) is 3.05. The molecule has 1 atom stereocenters. The third kappa shape index (κ3) is 3.46. The number of aromatic amines is 1. The maximum atomic E-state index is 5.61. The number of piperidine rings is 1. The monoisotopic (exact) mass is 312 g/mol. The first-order valence-corrected chi connectivity index (χ1v) is 9.26. The lowest BCUT2D eigenvalue weighted by atomic mass is 9.89. The molecule has 2 aromatic rings. The predicted octanol–water partition coefficient (Wildman–Crippen LogP) is 4.16. The zero-order chi connectivity index (χ0) is 15.5. The molecule has 4 rings (SSSR count). The van der Waals surface area contributed by atoms with Crippen LogP contribution in [0, 0.1) is 5.92 Å². The molecule has 1 N–H and O–H groups in total. The van der Waals surface area contributed by atoms with Gasteiger partial charge in [-0.2, -0.15) is 0 Å². The van der Waals surface area contributed by atoms with Crippen molar-refractivity contribution in [2.24, 2.45) is 5.92 Å². The molecule has 2 aliphatic rings. The van der Waals surface area contributed by atoms with Gasteiger partial charge in [-0.3, -0.25) is 0 Å². The quantitative estimate of drug-likeness (QED) is 0.918. The average molecular weight is 312 g/mol. The van der Waals surface area contributed by atoms with E-state index in [4.69, 9.17) is 4.74 Å². The van der Waals surface area contributed by atoms with Crippen molar-refractivity contribution in [1.29, 1.82) is 0 Å². The Morgan fingerprint density at radius 2 is 2.00 bits per heavy atom. The summed E-state index contributed by atoms with van der Waals surface area (Å²) < 4.78 is 5.61. The minimum absolute atomic E-state index is 0.723. The highest BCUT2D eigenvalue weighted by atomic mass is 16.5.